The van der Waals surface area contributed by atoms with Crippen LogP contribution in [0.15, 0.2) is 48.5 Å². The maximum Gasteiger partial charge on any atom is 0.414 e. The zero-order valence-corrected chi connectivity index (χ0v) is 14.9. The molecule has 3 aromatic rings. The quantitative estimate of drug-likeness (QED) is 0.524. The Labute approximate surface area is 158 Å². The molecule has 0 aliphatic rings. The van der Waals surface area contributed by atoms with Crippen LogP contribution in [0.5, 0.6) is 0 Å². The number of nitrogens with zero attached hydrogens (tertiary/aromatic N) is 2. The van der Waals surface area contributed by atoms with Gasteiger partial charge >= 0.3 is 6.18 Å². The van der Waals surface area contributed by atoms with Crippen molar-refractivity contribution in [2.24, 2.45) is 0 Å². The van der Waals surface area contributed by atoms with E-state index in [2.05, 4.69) is 11.3 Å². The lowest BCUT2D eigenvalue weighted by atomic mass is 10.1. The Kier molecular flexibility index (Phi) is 5.53. The van der Waals surface area contributed by atoms with E-state index in [0.717, 1.165) is 13.0 Å². The second-order valence-electron chi connectivity index (χ2n) is 5.89. The number of benzene rings is 2. The maximum absolute atomic E-state index is 14.0. The number of rotatable bonds is 5. The van der Waals surface area contributed by atoms with E-state index in [4.69, 9.17) is 16.3 Å². The summed E-state index contributed by atoms with van der Waals surface area (Å²) in [6.45, 7) is 0.537. The minimum absolute atomic E-state index is 0.282. The molecular formula is C19H14ClF4N2O. The van der Waals surface area contributed by atoms with E-state index in [1.54, 1.807) is 36.4 Å². The standard InChI is InChI=1S/C19H14ClF4N2O/c1-12(19(22,23)24)27-11-13-8-14(10-16(21)9-13)18-6-7-25-26(18)17-4-2-15(20)3-5-17/h2-6,8-10,12H,11H2,1H3/t12-/m1/s1. The van der Waals surface area contributed by atoms with Gasteiger partial charge < -0.3 is 4.74 Å². The van der Waals surface area contributed by atoms with Crippen LogP contribution in [-0.2, 0) is 11.3 Å². The molecule has 0 saturated heterocycles. The summed E-state index contributed by atoms with van der Waals surface area (Å²) in [4.78, 5) is 0. The van der Waals surface area contributed by atoms with Crippen molar-refractivity contribution in [2.45, 2.75) is 25.8 Å². The minimum Gasteiger partial charge on any atom is -0.364 e. The van der Waals surface area contributed by atoms with Crippen molar-refractivity contribution in [3.8, 4) is 16.9 Å². The Hall–Kier alpha value is -2.38. The molecule has 0 N–H and O–H groups in total. The fourth-order valence-corrected chi connectivity index (χ4v) is 2.57. The Morgan fingerprint density at radius 2 is 1.89 bits per heavy atom. The lowest BCUT2D eigenvalue weighted by Gasteiger charge is -2.16. The molecule has 0 unspecified atom stereocenters. The third kappa shape index (κ3) is 4.67. The van der Waals surface area contributed by atoms with Gasteiger partial charge in [0.15, 0.2) is 6.10 Å². The van der Waals surface area contributed by atoms with E-state index in [-0.39, 0.29) is 12.2 Å². The Morgan fingerprint density at radius 1 is 1.19 bits per heavy atom. The van der Waals surface area contributed by atoms with Crippen LogP contribution in [-0.4, -0.2) is 22.1 Å². The SMILES string of the molecule is C[C@@H](OCc1cc(F)cc(-c2c[c]nn2-c2ccc(Cl)cc2)c1)C(F)(F)F. The van der Waals surface area contributed by atoms with Crippen LogP contribution in [0.25, 0.3) is 16.9 Å². The molecule has 2 aromatic carbocycles. The molecule has 0 bridgehead atoms. The van der Waals surface area contributed by atoms with Crippen LogP contribution in [0.3, 0.4) is 0 Å². The summed E-state index contributed by atoms with van der Waals surface area (Å²) in [5.74, 6) is -0.588. The topological polar surface area (TPSA) is 27.1 Å². The first-order valence-electron chi connectivity index (χ1n) is 7.94. The third-order valence-corrected chi connectivity index (χ3v) is 4.12. The van der Waals surface area contributed by atoms with E-state index < -0.39 is 18.1 Å². The largest absolute Gasteiger partial charge is 0.414 e. The van der Waals surface area contributed by atoms with Crippen molar-refractivity contribution in [1.82, 2.24) is 9.78 Å². The van der Waals surface area contributed by atoms with Crippen molar-refractivity contribution < 1.29 is 22.3 Å². The Morgan fingerprint density at radius 3 is 2.56 bits per heavy atom. The summed E-state index contributed by atoms with van der Waals surface area (Å²) >= 11 is 5.88. The predicted octanol–water partition coefficient (Wildman–Crippen LogP) is 5.60. The number of aromatic nitrogens is 2. The summed E-state index contributed by atoms with van der Waals surface area (Å²) in [6.07, 6.45) is -3.72. The summed E-state index contributed by atoms with van der Waals surface area (Å²) in [6, 6.07) is 12.4. The molecule has 0 spiro atoms. The van der Waals surface area contributed by atoms with E-state index in [1.807, 2.05) is 0 Å². The molecule has 27 heavy (non-hydrogen) atoms. The van der Waals surface area contributed by atoms with E-state index >= 15 is 0 Å². The van der Waals surface area contributed by atoms with Crippen LogP contribution in [0.4, 0.5) is 17.6 Å². The molecule has 1 atom stereocenters. The van der Waals surface area contributed by atoms with Crippen molar-refractivity contribution in [3.63, 3.8) is 0 Å². The van der Waals surface area contributed by atoms with Gasteiger partial charge in [0.2, 0.25) is 0 Å². The molecule has 0 amide bonds. The van der Waals surface area contributed by atoms with E-state index in [0.29, 0.717) is 22.0 Å². The molecule has 0 saturated carbocycles. The number of alkyl halides is 3. The smallest absolute Gasteiger partial charge is 0.364 e. The second-order valence-corrected chi connectivity index (χ2v) is 6.33. The lowest BCUT2D eigenvalue weighted by Crippen LogP contribution is -2.28. The van der Waals surface area contributed by atoms with Crippen LogP contribution >= 0.6 is 11.6 Å². The van der Waals surface area contributed by atoms with Gasteiger partial charge in [0.1, 0.15) is 12.0 Å². The molecule has 3 rings (SSSR count). The lowest BCUT2D eigenvalue weighted by molar-refractivity contribution is -0.217. The van der Waals surface area contributed by atoms with E-state index in [9.17, 15) is 17.6 Å². The molecule has 141 valence electrons. The van der Waals surface area contributed by atoms with Gasteiger partial charge in [-0.25, -0.2) is 9.07 Å². The number of hydrogen-bond acceptors (Lipinski definition) is 2. The predicted molar refractivity (Wildman–Crippen MR) is 93.1 cm³/mol. The van der Waals surface area contributed by atoms with Crippen molar-refractivity contribution in [2.75, 3.05) is 0 Å². The molecule has 1 heterocycles. The summed E-state index contributed by atoms with van der Waals surface area (Å²) in [5, 5.41) is 4.66. The molecule has 0 aliphatic carbocycles. The monoisotopic (exact) mass is 397 g/mol. The minimum atomic E-state index is -4.47. The maximum atomic E-state index is 14.0. The fourth-order valence-electron chi connectivity index (χ4n) is 2.44. The zero-order valence-electron chi connectivity index (χ0n) is 14.1. The van der Waals surface area contributed by atoms with Crippen molar-refractivity contribution >= 4 is 11.6 Å². The van der Waals surface area contributed by atoms with Gasteiger partial charge in [0, 0.05) is 10.6 Å². The van der Waals surface area contributed by atoms with Crippen molar-refractivity contribution in [1.29, 1.82) is 0 Å². The normalized spacial score (nSPS) is 13.0. The highest BCUT2D eigenvalue weighted by Crippen LogP contribution is 2.27. The van der Waals surface area contributed by atoms with Crippen LogP contribution in [0.1, 0.15) is 12.5 Å². The molecule has 0 fully saturated rings. The number of halogens is 5. The molecule has 3 nitrogen and oxygen atoms in total. The Bertz CT molecular complexity index is 922. The van der Waals surface area contributed by atoms with Gasteiger partial charge in [-0.15, -0.1) is 0 Å². The van der Waals surface area contributed by atoms with Gasteiger partial charge in [-0.2, -0.15) is 18.3 Å². The first kappa shape index (κ1) is 19.4. The molecule has 8 heteroatoms. The number of ether oxygens (including phenoxy) is 1. The van der Waals surface area contributed by atoms with Gasteiger partial charge in [-0.1, -0.05) is 11.6 Å². The highest BCUT2D eigenvalue weighted by atomic mass is 35.5. The van der Waals surface area contributed by atoms with Crippen molar-refractivity contribution in [3.05, 3.63) is 71.1 Å². The van der Waals surface area contributed by atoms with Crippen LogP contribution in [0.2, 0.25) is 5.02 Å². The summed E-state index contributed by atoms with van der Waals surface area (Å²) in [5.41, 5.74) is 1.94. The highest BCUT2D eigenvalue weighted by Gasteiger charge is 2.36. The van der Waals surface area contributed by atoms with Gasteiger partial charge in [0.05, 0.1) is 18.0 Å². The highest BCUT2D eigenvalue weighted by molar-refractivity contribution is 6.30. The first-order chi connectivity index (χ1) is 12.7. The average molecular weight is 398 g/mol. The molecule has 1 radical (unpaired) electrons. The molecule has 1 aromatic heterocycles. The van der Waals surface area contributed by atoms with Crippen LogP contribution < -0.4 is 0 Å². The summed E-state index contributed by atoms with van der Waals surface area (Å²) in [7, 11) is 0. The first-order valence-corrected chi connectivity index (χ1v) is 8.32. The van der Waals surface area contributed by atoms with Gasteiger partial charge in [0.25, 0.3) is 0 Å². The fraction of sp³-hybridized carbons (Fsp3) is 0.211. The van der Waals surface area contributed by atoms with Crippen LogP contribution in [0, 0.1) is 12.0 Å². The van der Waals surface area contributed by atoms with E-state index in [1.165, 1.54) is 10.7 Å². The third-order valence-electron chi connectivity index (χ3n) is 3.87. The zero-order chi connectivity index (χ0) is 19.6. The average Bonchev–Trinajstić information content (AvgIpc) is 3.08. The molecule has 0 aliphatic heterocycles. The second kappa shape index (κ2) is 7.70. The molecular weight excluding hydrogens is 384 g/mol. The Balaban J connectivity index is 1.89. The van der Waals surface area contributed by atoms with Gasteiger partial charge in [-0.05, 0) is 61.0 Å². The summed E-state index contributed by atoms with van der Waals surface area (Å²) < 4.78 is 58.1. The van der Waals surface area contributed by atoms with Gasteiger partial charge in [-0.3, -0.25) is 0 Å². The number of hydrogen-bond donors (Lipinski definition) is 0.